The summed E-state index contributed by atoms with van der Waals surface area (Å²) in [6.45, 7) is 1.61. The van der Waals surface area contributed by atoms with Gasteiger partial charge in [0.25, 0.3) is 0 Å². The second-order valence-electron chi connectivity index (χ2n) is 1.36. The van der Waals surface area contributed by atoms with E-state index >= 15 is 0 Å². The Morgan fingerprint density at radius 1 is 1.88 bits per heavy atom. The molecule has 1 unspecified atom stereocenters. The van der Waals surface area contributed by atoms with Gasteiger partial charge in [-0.05, 0) is 6.92 Å². The Bertz CT molecular complexity index is 74.4. The number of carboxylic acids is 1. The summed E-state index contributed by atoms with van der Waals surface area (Å²) in [7, 11) is 0. The van der Waals surface area contributed by atoms with Crippen molar-refractivity contribution < 1.29 is 39.5 Å². The summed E-state index contributed by atoms with van der Waals surface area (Å²) in [5.41, 5.74) is 0. The zero-order valence-electron chi connectivity index (χ0n) is 4.98. The fourth-order valence-corrected chi connectivity index (χ4v) is 0.356. The Kier molecular flexibility index (Phi) is 8.50. The summed E-state index contributed by atoms with van der Waals surface area (Å²) in [5, 5.41) is 9.30. The quantitative estimate of drug-likeness (QED) is 0.302. The van der Waals surface area contributed by atoms with Crippen LogP contribution >= 0.6 is 11.6 Å². The van der Waals surface area contributed by atoms with Crippen LogP contribution in [-0.2, 0) is 4.79 Å². The van der Waals surface area contributed by atoms with Crippen molar-refractivity contribution in [3.8, 4) is 0 Å². The van der Waals surface area contributed by atoms with Gasteiger partial charge in [0.15, 0.2) is 0 Å². The van der Waals surface area contributed by atoms with Crippen molar-refractivity contribution in [2.45, 2.75) is 18.7 Å². The minimum Gasteiger partial charge on any atom is -0.550 e. The van der Waals surface area contributed by atoms with E-state index in [2.05, 4.69) is 0 Å². The molecule has 0 heterocycles. The molecule has 0 N–H and O–H groups in total. The second kappa shape index (κ2) is 5.89. The second-order valence-corrected chi connectivity index (χ2v) is 2.10. The predicted molar refractivity (Wildman–Crippen MR) is 24.9 cm³/mol. The molecule has 0 aliphatic rings. The summed E-state index contributed by atoms with van der Waals surface area (Å²) in [6, 6.07) is 0. The molecule has 0 aromatic rings. The Labute approximate surface area is 75.5 Å². The van der Waals surface area contributed by atoms with Crippen LogP contribution in [0.2, 0.25) is 0 Å². The number of aliphatic carboxylic acids is 1. The van der Waals surface area contributed by atoms with E-state index in [4.69, 9.17) is 11.6 Å². The molecular weight excluding hydrogens is 138 g/mol. The largest absolute Gasteiger partial charge is 1.00 e. The fourth-order valence-electron chi connectivity index (χ4n) is 0.230. The molecule has 0 aromatic heterocycles. The van der Waals surface area contributed by atoms with E-state index < -0.39 is 5.97 Å². The van der Waals surface area contributed by atoms with E-state index in [1.165, 1.54) is 0 Å². The molecule has 0 spiro atoms. The maximum atomic E-state index is 9.61. The van der Waals surface area contributed by atoms with Crippen LogP contribution in [0.15, 0.2) is 0 Å². The SMILES string of the molecule is CC(Cl)CC(=O)[O-].[Na+]. The normalized spacial score (nSPS) is 11.8. The first-order valence-electron chi connectivity index (χ1n) is 1.97. The average molecular weight is 145 g/mol. The number of hydrogen-bond donors (Lipinski definition) is 0. The Hall–Kier alpha value is 0.760. The number of carbonyl (C=O) groups excluding carboxylic acids is 1. The van der Waals surface area contributed by atoms with Crippen LogP contribution in [0.3, 0.4) is 0 Å². The van der Waals surface area contributed by atoms with Crippen LogP contribution in [0, 0.1) is 0 Å². The van der Waals surface area contributed by atoms with E-state index in [0.29, 0.717) is 0 Å². The van der Waals surface area contributed by atoms with Crippen molar-refractivity contribution >= 4 is 17.6 Å². The Morgan fingerprint density at radius 2 is 2.25 bits per heavy atom. The minimum atomic E-state index is -1.09. The van der Waals surface area contributed by atoms with Crippen molar-refractivity contribution in [2.75, 3.05) is 0 Å². The molecular formula is C4H6ClNaO2. The maximum absolute atomic E-state index is 9.61. The molecule has 0 radical (unpaired) electrons. The number of carboxylic acid groups (broad SMARTS) is 1. The van der Waals surface area contributed by atoms with Gasteiger partial charge in [-0.15, -0.1) is 11.6 Å². The molecule has 8 heavy (non-hydrogen) atoms. The summed E-state index contributed by atoms with van der Waals surface area (Å²) in [6.07, 6.45) is -0.0679. The number of hydrogen-bond acceptors (Lipinski definition) is 2. The van der Waals surface area contributed by atoms with E-state index in [1.54, 1.807) is 6.92 Å². The fraction of sp³-hybridized carbons (Fsp3) is 0.750. The van der Waals surface area contributed by atoms with Gasteiger partial charge in [-0.25, -0.2) is 0 Å². The van der Waals surface area contributed by atoms with Crippen LogP contribution in [0.5, 0.6) is 0 Å². The third kappa shape index (κ3) is 9.90. The molecule has 0 amide bonds. The van der Waals surface area contributed by atoms with Gasteiger partial charge in [-0.2, -0.15) is 0 Å². The van der Waals surface area contributed by atoms with Crippen LogP contribution in [0.1, 0.15) is 13.3 Å². The van der Waals surface area contributed by atoms with Crippen molar-refractivity contribution in [3.05, 3.63) is 0 Å². The average Bonchev–Trinajstić information content (AvgIpc) is 1.27. The van der Waals surface area contributed by atoms with Crippen LogP contribution < -0.4 is 34.7 Å². The molecule has 1 atom stereocenters. The zero-order chi connectivity index (χ0) is 5.86. The van der Waals surface area contributed by atoms with Crippen LogP contribution in [0.4, 0.5) is 0 Å². The van der Waals surface area contributed by atoms with Crippen molar-refractivity contribution in [1.82, 2.24) is 0 Å². The van der Waals surface area contributed by atoms with E-state index in [9.17, 15) is 9.90 Å². The van der Waals surface area contributed by atoms with Crippen molar-refractivity contribution in [2.24, 2.45) is 0 Å². The first-order chi connectivity index (χ1) is 3.13. The number of halogens is 1. The van der Waals surface area contributed by atoms with Crippen molar-refractivity contribution in [3.63, 3.8) is 0 Å². The topological polar surface area (TPSA) is 40.1 Å². The van der Waals surface area contributed by atoms with Crippen LogP contribution in [-0.4, -0.2) is 11.3 Å². The van der Waals surface area contributed by atoms with Gasteiger partial charge in [0.1, 0.15) is 0 Å². The monoisotopic (exact) mass is 144 g/mol. The third-order valence-corrected chi connectivity index (χ3v) is 0.602. The van der Waals surface area contributed by atoms with E-state index in [0.717, 1.165) is 0 Å². The summed E-state index contributed by atoms with van der Waals surface area (Å²) in [4.78, 5) is 9.61. The Balaban J connectivity index is 0. The number of carbonyl (C=O) groups is 1. The zero-order valence-corrected chi connectivity index (χ0v) is 7.73. The standard InChI is InChI=1S/C4H7ClO2.Na/c1-3(5)2-4(6)7;/h3H,2H2,1H3,(H,6,7);/q;+1/p-1. The van der Waals surface area contributed by atoms with Gasteiger partial charge in [-0.3, -0.25) is 0 Å². The van der Waals surface area contributed by atoms with Crippen LogP contribution in [0.25, 0.3) is 0 Å². The summed E-state index contributed by atoms with van der Waals surface area (Å²) >= 11 is 5.25. The molecule has 2 nitrogen and oxygen atoms in total. The molecule has 0 aliphatic heterocycles. The third-order valence-electron chi connectivity index (χ3n) is 0.448. The molecule has 0 saturated carbocycles. The van der Waals surface area contributed by atoms with Gasteiger partial charge in [-0.1, -0.05) is 0 Å². The molecule has 0 aliphatic carbocycles. The van der Waals surface area contributed by atoms with E-state index in [-0.39, 0.29) is 41.4 Å². The molecule has 4 heteroatoms. The molecule has 0 saturated heterocycles. The first kappa shape index (κ1) is 11.5. The van der Waals surface area contributed by atoms with Gasteiger partial charge < -0.3 is 9.90 Å². The minimum absolute atomic E-state index is 0. The molecule has 0 aromatic carbocycles. The van der Waals surface area contributed by atoms with Gasteiger partial charge in [0.05, 0.1) is 0 Å². The number of alkyl halides is 1. The maximum Gasteiger partial charge on any atom is 1.00 e. The molecule has 0 bridgehead atoms. The van der Waals surface area contributed by atoms with E-state index in [1.807, 2.05) is 0 Å². The molecule has 0 fully saturated rings. The van der Waals surface area contributed by atoms with Crippen molar-refractivity contribution in [1.29, 1.82) is 0 Å². The summed E-state index contributed by atoms with van der Waals surface area (Å²) in [5.74, 6) is -1.09. The first-order valence-corrected chi connectivity index (χ1v) is 2.40. The summed E-state index contributed by atoms with van der Waals surface area (Å²) < 4.78 is 0. The van der Waals surface area contributed by atoms with Gasteiger partial charge in [0, 0.05) is 17.8 Å². The Morgan fingerprint density at radius 3 is 2.25 bits per heavy atom. The van der Waals surface area contributed by atoms with Gasteiger partial charge in [0.2, 0.25) is 0 Å². The van der Waals surface area contributed by atoms with Gasteiger partial charge >= 0.3 is 29.6 Å². The molecule has 42 valence electrons. The smallest absolute Gasteiger partial charge is 0.550 e. The number of rotatable bonds is 2. The predicted octanol–water partition coefficient (Wildman–Crippen LogP) is -3.24. The molecule has 0 rings (SSSR count).